The average molecular weight is 216 g/mol. The number of hydrogen-bond donors (Lipinski definition) is 1. The van der Waals surface area contributed by atoms with Crippen molar-refractivity contribution >= 4 is 17.2 Å². The second-order valence-electron chi connectivity index (χ2n) is 4.05. The predicted molar refractivity (Wildman–Crippen MR) is 67.6 cm³/mol. The molecule has 0 aliphatic rings. The quantitative estimate of drug-likeness (QED) is 0.499. The number of hydrogen-bond acceptors (Lipinski definition) is 2. The fourth-order valence-corrected chi connectivity index (χ4v) is 1.54. The van der Waals surface area contributed by atoms with Gasteiger partial charge in [-0.3, -0.25) is 0 Å². The Hall–Kier alpha value is -0.150. The molecule has 0 amide bonds. The molecule has 3 heteroatoms. The Bertz CT molecular complexity index is 157. The molecular weight excluding hydrogens is 192 g/mol. The van der Waals surface area contributed by atoms with E-state index in [0.717, 1.165) is 13.0 Å². The summed E-state index contributed by atoms with van der Waals surface area (Å²) in [6, 6.07) is 0.598. The molecule has 2 nitrogen and oxygen atoms in total. The minimum atomic E-state index is 0.598. The summed E-state index contributed by atoms with van der Waals surface area (Å²) in [5.74, 6) is 0. The molecule has 0 heterocycles. The van der Waals surface area contributed by atoms with Gasteiger partial charge in [0.15, 0.2) is 0 Å². The average Bonchev–Trinajstić information content (AvgIpc) is 2.10. The van der Waals surface area contributed by atoms with Crippen molar-refractivity contribution in [1.29, 1.82) is 0 Å². The van der Waals surface area contributed by atoms with Gasteiger partial charge in [0.25, 0.3) is 0 Å². The van der Waals surface area contributed by atoms with Gasteiger partial charge in [0.1, 0.15) is 0 Å². The van der Waals surface area contributed by atoms with Gasteiger partial charge in [-0.1, -0.05) is 32.0 Å². The lowest BCUT2D eigenvalue weighted by Crippen LogP contribution is -2.34. The molecule has 0 aromatic rings. The number of nitrogens with two attached hydrogens (primary N) is 1. The minimum Gasteiger partial charge on any atom is -0.393 e. The van der Waals surface area contributed by atoms with Crippen LogP contribution in [0, 0.1) is 0 Å². The number of thiocarbonyl (C=S) groups is 1. The van der Waals surface area contributed by atoms with Crippen molar-refractivity contribution in [3.63, 3.8) is 0 Å². The third-order valence-electron chi connectivity index (χ3n) is 2.42. The molecule has 0 atom stereocenters. The van der Waals surface area contributed by atoms with Crippen molar-refractivity contribution in [2.24, 2.45) is 5.73 Å². The maximum atomic E-state index is 5.50. The van der Waals surface area contributed by atoms with E-state index in [4.69, 9.17) is 18.0 Å². The third-order valence-corrected chi connectivity index (χ3v) is 2.63. The van der Waals surface area contributed by atoms with E-state index in [9.17, 15) is 0 Å². The van der Waals surface area contributed by atoms with Gasteiger partial charge >= 0.3 is 0 Å². The lowest BCUT2D eigenvalue weighted by Gasteiger charge is -2.26. The maximum absolute atomic E-state index is 5.50. The molecule has 14 heavy (non-hydrogen) atoms. The predicted octanol–water partition coefficient (Wildman–Crippen LogP) is 2.56. The van der Waals surface area contributed by atoms with Crippen LogP contribution in [-0.2, 0) is 0 Å². The van der Waals surface area contributed by atoms with E-state index in [1.165, 1.54) is 25.8 Å². The summed E-state index contributed by atoms with van der Waals surface area (Å²) in [5.41, 5.74) is 5.50. The molecule has 84 valence electrons. The highest BCUT2D eigenvalue weighted by Crippen LogP contribution is 2.04. The minimum absolute atomic E-state index is 0.598. The van der Waals surface area contributed by atoms with Crippen LogP contribution in [0.1, 0.15) is 46.5 Å². The molecular formula is C11H24N2S. The monoisotopic (exact) mass is 216 g/mol. The van der Waals surface area contributed by atoms with Crippen LogP contribution in [0.25, 0.3) is 0 Å². The Balaban J connectivity index is 3.72. The smallest absolute Gasteiger partial charge is 0.0740 e. The van der Waals surface area contributed by atoms with Gasteiger partial charge < -0.3 is 10.6 Å². The van der Waals surface area contributed by atoms with E-state index in [0.29, 0.717) is 11.0 Å². The van der Waals surface area contributed by atoms with Crippen molar-refractivity contribution in [2.45, 2.75) is 52.5 Å². The van der Waals surface area contributed by atoms with Crippen molar-refractivity contribution in [3.05, 3.63) is 0 Å². The van der Waals surface area contributed by atoms with Crippen molar-refractivity contribution in [2.75, 3.05) is 13.1 Å². The zero-order chi connectivity index (χ0) is 11.0. The maximum Gasteiger partial charge on any atom is 0.0740 e. The molecule has 0 saturated heterocycles. The van der Waals surface area contributed by atoms with Crippen molar-refractivity contribution < 1.29 is 0 Å². The SMILES string of the molecule is CCCCCN(CCC(N)=S)C(C)C. The Kier molecular flexibility index (Phi) is 8.09. The van der Waals surface area contributed by atoms with E-state index in [2.05, 4.69) is 25.7 Å². The third kappa shape index (κ3) is 7.27. The summed E-state index contributed by atoms with van der Waals surface area (Å²) >= 11 is 4.89. The van der Waals surface area contributed by atoms with Crippen LogP contribution >= 0.6 is 12.2 Å². The van der Waals surface area contributed by atoms with Gasteiger partial charge in [-0.15, -0.1) is 0 Å². The van der Waals surface area contributed by atoms with E-state index in [1.54, 1.807) is 0 Å². The number of nitrogens with zero attached hydrogens (tertiary/aromatic N) is 1. The Morgan fingerprint density at radius 3 is 2.36 bits per heavy atom. The molecule has 0 aromatic carbocycles. The van der Waals surface area contributed by atoms with Gasteiger partial charge in [-0.05, 0) is 26.8 Å². The van der Waals surface area contributed by atoms with Gasteiger partial charge in [-0.25, -0.2) is 0 Å². The standard InChI is InChI=1S/C11H24N2S/c1-4-5-6-8-13(10(2)3)9-7-11(12)14/h10H,4-9H2,1-3H3,(H2,12,14). The molecule has 0 spiro atoms. The summed E-state index contributed by atoms with van der Waals surface area (Å²) in [5, 5.41) is 0. The van der Waals surface area contributed by atoms with Crippen LogP contribution in [0.2, 0.25) is 0 Å². The first-order valence-corrected chi connectivity index (χ1v) is 6.01. The Labute approximate surface area is 93.8 Å². The topological polar surface area (TPSA) is 29.3 Å². The first kappa shape index (κ1) is 13.8. The van der Waals surface area contributed by atoms with Crippen molar-refractivity contribution in [3.8, 4) is 0 Å². The van der Waals surface area contributed by atoms with E-state index in [1.807, 2.05) is 0 Å². The first-order chi connectivity index (χ1) is 6.57. The molecule has 0 rings (SSSR count). The van der Waals surface area contributed by atoms with Gasteiger partial charge in [-0.2, -0.15) is 0 Å². The van der Waals surface area contributed by atoms with E-state index >= 15 is 0 Å². The van der Waals surface area contributed by atoms with Crippen LogP contribution in [0.5, 0.6) is 0 Å². The molecule has 0 unspecified atom stereocenters. The Morgan fingerprint density at radius 2 is 1.93 bits per heavy atom. The molecule has 0 aliphatic carbocycles. The van der Waals surface area contributed by atoms with Crippen LogP contribution in [0.4, 0.5) is 0 Å². The van der Waals surface area contributed by atoms with Crippen LogP contribution in [-0.4, -0.2) is 29.0 Å². The summed E-state index contributed by atoms with van der Waals surface area (Å²) in [6.07, 6.45) is 4.73. The zero-order valence-electron chi connectivity index (χ0n) is 9.75. The van der Waals surface area contributed by atoms with Crippen LogP contribution in [0.3, 0.4) is 0 Å². The fourth-order valence-electron chi connectivity index (χ4n) is 1.45. The highest BCUT2D eigenvalue weighted by molar-refractivity contribution is 7.80. The second kappa shape index (κ2) is 8.18. The number of unbranched alkanes of at least 4 members (excludes halogenated alkanes) is 2. The van der Waals surface area contributed by atoms with Crippen molar-refractivity contribution in [1.82, 2.24) is 4.90 Å². The van der Waals surface area contributed by atoms with Gasteiger partial charge in [0.2, 0.25) is 0 Å². The van der Waals surface area contributed by atoms with Gasteiger partial charge in [0.05, 0.1) is 4.99 Å². The molecule has 2 N–H and O–H groups in total. The normalized spacial score (nSPS) is 11.2. The summed E-state index contributed by atoms with van der Waals surface area (Å²) in [4.78, 5) is 3.08. The van der Waals surface area contributed by atoms with Crippen LogP contribution < -0.4 is 5.73 Å². The first-order valence-electron chi connectivity index (χ1n) is 5.60. The molecule has 0 bridgehead atoms. The highest BCUT2D eigenvalue weighted by Gasteiger charge is 2.08. The number of rotatable bonds is 8. The summed E-state index contributed by atoms with van der Waals surface area (Å²) in [6.45, 7) is 8.87. The Morgan fingerprint density at radius 1 is 1.29 bits per heavy atom. The zero-order valence-corrected chi connectivity index (χ0v) is 10.6. The van der Waals surface area contributed by atoms with Crippen LogP contribution in [0.15, 0.2) is 0 Å². The molecule has 0 aromatic heterocycles. The molecule has 0 saturated carbocycles. The van der Waals surface area contributed by atoms with Gasteiger partial charge in [0, 0.05) is 19.0 Å². The lowest BCUT2D eigenvalue weighted by atomic mass is 10.2. The lowest BCUT2D eigenvalue weighted by molar-refractivity contribution is 0.223. The summed E-state index contributed by atoms with van der Waals surface area (Å²) in [7, 11) is 0. The molecule has 0 aliphatic heterocycles. The largest absolute Gasteiger partial charge is 0.393 e. The second-order valence-corrected chi connectivity index (χ2v) is 4.58. The fraction of sp³-hybridized carbons (Fsp3) is 0.909. The molecule has 0 fully saturated rings. The van der Waals surface area contributed by atoms with E-state index < -0.39 is 0 Å². The highest BCUT2D eigenvalue weighted by atomic mass is 32.1. The van der Waals surface area contributed by atoms with E-state index in [-0.39, 0.29) is 0 Å². The molecule has 0 radical (unpaired) electrons. The summed E-state index contributed by atoms with van der Waals surface area (Å²) < 4.78 is 0.